The molecule has 4 nitrogen and oxygen atoms in total. The van der Waals surface area contributed by atoms with E-state index in [1.54, 1.807) is 0 Å². The average Bonchev–Trinajstić information content (AvgIpc) is 3.17. The lowest BCUT2D eigenvalue weighted by atomic mass is 9.95. The van der Waals surface area contributed by atoms with Gasteiger partial charge in [-0.15, -0.1) is 0 Å². The molecular formula is C18H30N4. The Hall–Kier alpha value is -0.940. The molecule has 0 aromatic heterocycles. The van der Waals surface area contributed by atoms with Crippen molar-refractivity contribution in [3.05, 3.63) is 35.9 Å². The zero-order chi connectivity index (χ0) is 15.4. The lowest BCUT2D eigenvalue weighted by molar-refractivity contribution is 0.263. The molecule has 1 aromatic rings. The SMILES string of the molecule is CC(C)N1CCC(CNCC2CNNC2c2ccccc2)C1. The van der Waals surface area contributed by atoms with Crippen molar-refractivity contribution in [2.75, 3.05) is 32.7 Å². The highest BCUT2D eigenvalue weighted by atomic mass is 15.4. The summed E-state index contributed by atoms with van der Waals surface area (Å²) >= 11 is 0. The molecule has 0 spiro atoms. The van der Waals surface area contributed by atoms with Crippen LogP contribution < -0.4 is 16.2 Å². The third kappa shape index (κ3) is 3.87. The Labute approximate surface area is 134 Å². The van der Waals surface area contributed by atoms with Crippen LogP contribution in [-0.2, 0) is 0 Å². The molecule has 2 aliphatic heterocycles. The Morgan fingerprint density at radius 1 is 1.23 bits per heavy atom. The van der Waals surface area contributed by atoms with Gasteiger partial charge < -0.3 is 10.2 Å². The summed E-state index contributed by atoms with van der Waals surface area (Å²) in [7, 11) is 0. The van der Waals surface area contributed by atoms with E-state index >= 15 is 0 Å². The standard InChI is InChI=1S/C18H30N4/c1-14(2)22-9-8-15(13-22)10-19-11-17-12-20-21-18(17)16-6-4-3-5-7-16/h3-7,14-15,17-21H,8-13H2,1-2H3. The van der Waals surface area contributed by atoms with Gasteiger partial charge in [0.05, 0.1) is 6.04 Å². The van der Waals surface area contributed by atoms with Gasteiger partial charge in [0.25, 0.3) is 0 Å². The number of nitrogens with zero attached hydrogens (tertiary/aromatic N) is 1. The summed E-state index contributed by atoms with van der Waals surface area (Å²) < 4.78 is 0. The Morgan fingerprint density at radius 3 is 2.77 bits per heavy atom. The summed E-state index contributed by atoms with van der Waals surface area (Å²) in [5, 5.41) is 3.72. The minimum Gasteiger partial charge on any atom is -0.316 e. The highest BCUT2D eigenvalue weighted by Gasteiger charge is 2.28. The second-order valence-electron chi connectivity index (χ2n) is 7.08. The van der Waals surface area contributed by atoms with Crippen molar-refractivity contribution in [1.29, 1.82) is 0 Å². The van der Waals surface area contributed by atoms with Crippen molar-refractivity contribution in [1.82, 2.24) is 21.1 Å². The second kappa shape index (κ2) is 7.55. The fraction of sp³-hybridized carbons (Fsp3) is 0.667. The van der Waals surface area contributed by atoms with E-state index in [0.717, 1.165) is 25.6 Å². The summed E-state index contributed by atoms with van der Waals surface area (Å²) in [5.74, 6) is 1.44. The van der Waals surface area contributed by atoms with Gasteiger partial charge in [-0.25, -0.2) is 5.43 Å². The van der Waals surface area contributed by atoms with Crippen molar-refractivity contribution < 1.29 is 0 Å². The molecule has 122 valence electrons. The van der Waals surface area contributed by atoms with Crippen molar-refractivity contribution in [2.45, 2.75) is 32.4 Å². The van der Waals surface area contributed by atoms with Crippen molar-refractivity contribution in [2.24, 2.45) is 11.8 Å². The molecular weight excluding hydrogens is 272 g/mol. The van der Waals surface area contributed by atoms with Gasteiger partial charge in [-0.05, 0) is 44.8 Å². The molecule has 0 bridgehead atoms. The van der Waals surface area contributed by atoms with Crippen LogP contribution >= 0.6 is 0 Å². The Kier molecular flexibility index (Phi) is 5.47. The van der Waals surface area contributed by atoms with E-state index in [0.29, 0.717) is 18.0 Å². The lowest BCUT2D eigenvalue weighted by Gasteiger charge is -2.22. The largest absolute Gasteiger partial charge is 0.316 e. The average molecular weight is 302 g/mol. The third-order valence-electron chi connectivity index (χ3n) is 5.14. The van der Waals surface area contributed by atoms with E-state index in [1.807, 2.05) is 0 Å². The number of rotatable bonds is 6. The van der Waals surface area contributed by atoms with Crippen LogP contribution in [0.3, 0.4) is 0 Å². The molecule has 2 aliphatic rings. The zero-order valence-corrected chi connectivity index (χ0v) is 13.9. The first-order valence-electron chi connectivity index (χ1n) is 8.72. The first-order chi connectivity index (χ1) is 10.7. The summed E-state index contributed by atoms with van der Waals surface area (Å²) in [6, 6.07) is 11.9. The van der Waals surface area contributed by atoms with Crippen molar-refractivity contribution >= 4 is 0 Å². The molecule has 3 N–H and O–H groups in total. The van der Waals surface area contributed by atoms with E-state index in [-0.39, 0.29) is 0 Å². The third-order valence-corrected chi connectivity index (χ3v) is 5.14. The summed E-state index contributed by atoms with van der Waals surface area (Å²) in [4.78, 5) is 2.60. The van der Waals surface area contributed by atoms with Gasteiger partial charge in [0.1, 0.15) is 0 Å². The van der Waals surface area contributed by atoms with Crippen LogP contribution in [0.15, 0.2) is 30.3 Å². The molecule has 0 amide bonds. The molecule has 0 radical (unpaired) electrons. The van der Waals surface area contributed by atoms with Crippen molar-refractivity contribution in [3.63, 3.8) is 0 Å². The molecule has 0 aliphatic carbocycles. The predicted octanol–water partition coefficient (Wildman–Crippen LogP) is 1.77. The number of hydrogen-bond donors (Lipinski definition) is 3. The molecule has 3 unspecified atom stereocenters. The minimum atomic E-state index is 0.421. The summed E-state index contributed by atoms with van der Waals surface area (Å²) in [6.07, 6.45) is 1.34. The predicted molar refractivity (Wildman–Crippen MR) is 91.5 cm³/mol. The monoisotopic (exact) mass is 302 g/mol. The number of likely N-dealkylation sites (tertiary alicyclic amines) is 1. The number of nitrogens with one attached hydrogen (secondary N) is 3. The second-order valence-corrected chi connectivity index (χ2v) is 7.08. The molecule has 0 saturated carbocycles. The topological polar surface area (TPSA) is 39.3 Å². The molecule has 2 fully saturated rings. The Bertz CT molecular complexity index is 448. The van der Waals surface area contributed by atoms with Gasteiger partial charge in [0.2, 0.25) is 0 Å². The fourth-order valence-electron chi connectivity index (χ4n) is 3.71. The fourth-order valence-corrected chi connectivity index (χ4v) is 3.71. The van der Waals surface area contributed by atoms with Gasteiger partial charge >= 0.3 is 0 Å². The van der Waals surface area contributed by atoms with Crippen LogP contribution in [0.1, 0.15) is 31.9 Å². The van der Waals surface area contributed by atoms with Crippen LogP contribution in [0.25, 0.3) is 0 Å². The van der Waals surface area contributed by atoms with E-state index in [2.05, 4.69) is 65.2 Å². The van der Waals surface area contributed by atoms with E-state index in [9.17, 15) is 0 Å². The maximum Gasteiger partial charge on any atom is 0.0515 e. The van der Waals surface area contributed by atoms with Crippen LogP contribution in [0, 0.1) is 11.8 Å². The highest BCUT2D eigenvalue weighted by molar-refractivity contribution is 5.20. The van der Waals surface area contributed by atoms with Gasteiger partial charge in [0, 0.05) is 31.6 Å². The molecule has 3 atom stereocenters. The van der Waals surface area contributed by atoms with Gasteiger partial charge in [-0.3, -0.25) is 5.43 Å². The maximum atomic E-state index is 3.72. The van der Waals surface area contributed by atoms with E-state index in [1.165, 1.54) is 25.1 Å². The smallest absolute Gasteiger partial charge is 0.0515 e. The molecule has 2 heterocycles. The van der Waals surface area contributed by atoms with Gasteiger partial charge in [-0.2, -0.15) is 0 Å². The summed E-state index contributed by atoms with van der Waals surface area (Å²) in [5.41, 5.74) is 8.13. The zero-order valence-electron chi connectivity index (χ0n) is 13.9. The van der Waals surface area contributed by atoms with Crippen LogP contribution in [0.4, 0.5) is 0 Å². The summed E-state index contributed by atoms with van der Waals surface area (Å²) in [6.45, 7) is 10.4. The molecule has 4 heteroatoms. The quantitative estimate of drug-likeness (QED) is 0.749. The normalized spacial score (nSPS) is 29.5. The van der Waals surface area contributed by atoms with Crippen molar-refractivity contribution in [3.8, 4) is 0 Å². The number of benzene rings is 1. The van der Waals surface area contributed by atoms with Crippen LogP contribution in [0.2, 0.25) is 0 Å². The van der Waals surface area contributed by atoms with Gasteiger partial charge in [-0.1, -0.05) is 30.3 Å². The minimum absolute atomic E-state index is 0.421. The Morgan fingerprint density at radius 2 is 2.05 bits per heavy atom. The van der Waals surface area contributed by atoms with E-state index < -0.39 is 0 Å². The van der Waals surface area contributed by atoms with E-state index in [4.69, 9.17) is 0 Å². The molecule has 2 saturated heterocycles. The molecule has 1 aromatic carbocycles. The lowest BCUT2D eigenvalue weighted by Crippen LogP contribution is -2.34. The molecule has 3 rings (SSSR count). The molecule has 22 heavy (non-hydrogen) atoms. The highest BCUT2D eigenvalue weighted by Crippen LogP contribution is 2.24. The Balaban J connectivity index is 1.44. The van der Waals surface area contributed by atoms with Crippen LogP contribution in [-0.4, -0.2) is 43.7 Å². The first kappa shape index (κ1) is 15.9. The first-order valence-corrected chi connectivity index (χ1v) is 8.72. The number of hydrogen-bond acceptors (Lipinski definition) is 4. The van der Waals surface area contributed by atoms with Crippen LogP contribution in [0.5, 0.6) is 0 Å². The maximum absolute atomic E-state index is 3.72. The number of hydrazine groups is 1. The van der Waals surface area contributed by atoms with Gasteiger partial charge in [0.15, 0.2) is 0 Å².